The molecule has 3 amide bonds. The van der Waals surface area contributed by atoms with E-state index in [1.165, 1.54) is 17.8 Å². The summed E-state index contributed by atoms with van der Waals surface area (Å²) in [6.07, 6.45) is 6.92. The summed E-state index contributed by atoms with van der Waals surface area (Å²) in [4.78, 5) is 57.2. The Labute approximate surface area is 182 Å². The predicted molar refractivity (Wildman–Crippen MR) is 109 cm³/mol. The zero-order valence-corrected chi connectivity index (χ0v) is 17.2. The highest BCUT2D eigenvalue weighted by Gasteiger charge is 2.53. The highest BCUT2D eigenvalue weighted by atomic mass is 35.5. The zero-order chi connectivity index (χ0) is 21.8. The summed E-state index contributed by atoms with van der Waals surface area (Å²) in [6, 6.07) is -0.978. The van der Waals surface area contributed by atoms with Crippen LogP contribution in [0.15, 0.2) is 16.9 Å². The van der Waals surface area contributed by atoms with Gasteiger partial charge >= 0.3 is 5.97 Å². The normalized spacial score (nSPS) is 20.3. The molecule has 30 heavy (non-hydrogen) atoms. The van der Waals surface area contributed by atoms with Gasteiger partial charge in [0.2, 0.25) is 6.41 Å². The minimum atomic E-state index is -1.23. The summed E-state index contributed by atoms with van der Waals surface area (Å²) in [7, 11) is 0. The number of amides is 3. The lowest BCUT2D eigenvalue weighted by molar-refractivity contribution is -0.150. The predicted octanol–water partition coefficient (Wildman–Crippen LogP) is 0.0871. The molecule has 2 aliphatic heterocycles. The Balaban J connectivity index is 1.81. The van der Waals surface area contributed by atoms with Gasteiger partial charge in [0.15, 0.2) is 17.5 Å². The van der Waals surface area contributed by atoms with Crippen LogP contribution in [0, 0.1) is 12.3 Å². The van der Waals surface area contributed by atoms with Crippen LogP contribution in [0.4, 0.5) is 5.13 Å². The van der Waals surface area contributed by atoms with Gasteiger partial charge in [0.05, 0.1) is 0 Å². The number of thioether (sulfide) groups is 1. The molecule has 0 bridgehead atoms. The minimum absolute atomic E-state index is 0.0438. The van der Waals surface area contributed by atoms with Gasteiger partial charge in [0.25, 0.3) is 11.8 Å². The fourth-order valence-corrected chi connectivity index (χ4v) is 4.83. The summed E-state index contributed by atoms with van der Waals surface area (Å²) in [5.74, 6) is -0.0901. The number of carboxylic acid groups (broad SMARTS) is 1. The molecule has 1 saturated heterocycles. The van der Waals surface area contributed by atoms with Gasteiger partial charge in [0.1, 0.15) is 27.1 Å². The van der Waals surface area contributed by atoms with E-state index in [2.05, 4.69) is 26.7 Å². The molecular weight excluding hydrogens is 458 g/mol. The number of rotatable bonds is 8. The molecule has 0 radical (unpaired) electrons. The number of fused-ring (bicyclic) bond motifs is 1. The van der Waals surface area contributed by atoms with Gasteiger partial charge in [-0.3, -0.25) is 19.3 Å². The lowest BCUT2D eigenvalue weighted by Crippen LogP contribution is -2.70. The molecule has 14 heteroatoms. The smallest absolute Gasteiger partial charge is 0.352 e. The van der Waals surface area contributed by atoms with E-state index in [1.807, 2.05) is 0 Å². The maximum absolute atomic E-state index is 12.8. The SMILES string of the molecule is C#CCON=C(C(=O)NC1C(=O)N2C(C(=O)O)=CCS[C@H]12)c1nc(NC=O)sc1Cl. The molecule has 0 aliphatic carbocycles. The van der Waals surface area contributed by atoms with Crippen molar-refractivity contribution in [1.29, 1.82) is 0 Å². The number of oxime groups is 1. The van der Waals surface area contributed by atoms with E-state index in [-0.39, 0.29) is 33.2 Å². The van der Waals surface area contributed by atoms with E-state index < -0.39 is 29.2 Å². The first-order chi connectivity index (χ1) is 14.4. The van der Waals surface area contributed by atoms with Crippen LogP contribution in [-0.4, -0.2) is 68.7 Å². The van der Waals surface area contributed by atoms with E-state index in [4.69, 9.17) is 22.9 Å². The van der Waals surface area contributed by atoms with Gasteiger partial charge in [-0.2, -0.15) is 0 Å². The Morgan fingerprint density at radius 3 is 3.00 bits per heavy atom. The second-order valence-corrected chi connectivity index (χ2v) is 8.35. The van der Waals surface area contributed by atoms with Crippen LogP contribution in [0.1, 0.15) is 5.69 Å². The van der Waals surface area contributed by atoms with Crippen molar-refractivity contribution in [2.75, 3.05) is 17.7 Å². The monoisotopic (exact) mass is 469 g/mol. The highest BCUT2D eigenvalue weighted by molar-refractivity contribution is 8.00. The third-order valence-electron chi connectivity index (χ3n) is 3.86. The molecule has 1 aromatic heterocycles. The molecule has 156 valence electrons. The fourth-order valence-electron chi connectivity index (χ4n) is 2.63. The zero-order valence-electron chi connectivity index (χ0n) is 14.8. The Bertz CT molecular complexity index is 1020. The molecule has 2 aliphatic rings. The quantitative estimate of drug-likeness (QED) is 0.121. The van der Waals surface area contributed by atoms with E-state index in [1.54, 1.807) is 0 Å². The van der Waals surface area contributed by atoms with Crippen molar-refractivity contribution < 1.29 is 29.1 Å². The summed E-state index contributed by atoms with van der Waals surface area (Å²) >= 11 is 8.28. The second-order valence-electron chi connectivity index (χ2n) is 5.60. The maximum atomic E-state index is 12.8. The lowest BCUT2D eigenvalue weighted by atomic mass is 10.0. The van der Waals surface area contributed by atoms with Crippen LogP contribution in [-0.2, 0) is 24.0 Å². The largest absolute Gasteiger partial charge is 0.477 e. The van der Waals surface area contributed by atoms with E-state index >= 15 is 0 Å². The lowest BCUT2D eigenvalue weighted by Gasteiger charge is -2.48. The van der Waals surface area contributed by atoms with Gasteiger partial charge in [-0.05, 0) is 6.08 Å². The van der Waals surface area contributed by atoms with Crippen molar-refractivity contribution in [1.82, 2.24) is 15.2 Å². The third kappa shape index (κ3) is 4.11. The minimum Gasteiger partial charge on any atom is -0.477 e. The molecule has 3 rings (SSSR count). The van der Waals surface area contributed by atoms with Gasteiger partial charge < -0.3 is 20.6 Å². The van der Waals surface area contributed by atoms with Gasteiger partial charge in [0, 0.05) is 5.75 Å². The van der Waals surface area contributed by atoms with Gasteiger partial charge in [-0.15, -0.1) is 18.2 Å². The fraction of sp³-hybridized carbons (Fsp3) is 0.250. The summed E-state index contributed by atoms with van der Waals surface area (Å²) < 4.78 is 0.0438. The van der Waals surface area contributed by atoms with Gasteiger partial charge in [-0.1, -0.05) is 34.0 Å². The first-order valence-electron chi connectivity index (χ1n) is 8.08. The molecule has 3 heterocycles. The molecule has 3 N–H and O–H groups in total. The number of carbonyl (C=O) groups is 4. The summed E-state index contributed by atoms with van der Waals surface area (Å²) in [5.41, 5.74) is -0.564. The molecule has 0 aromatic carbocycles. The number of carboxylic acids is 1. The Hall–Kier alpha value is -3.08. The van der Waals surface area contributed by atoms with Crippen LogP contribution >= 0.6 is 34.7 Å². The van der Waals surface area contributed by atoms with Crippen molar-refractivity contribution in [3.05, 3.63) is 21.8 Å². The molecule has 1 fully saturated rings. The Kier molecular flexibility index (Phi) is 6.60. The number of anilines is 1. The Morgan fingerprint density at radius 2 is 2.33 bits per heavy atom. The van der Waals surface area contributed by atoms with Crippen LogP contribution < -0.4 is 10.6 Å². The number of β-lactam (4-membered cyclic amide) rings is 1. The number of carbonyl (C=O) groups excluding carboxylic acids is 3. The average molecular weight is 470 g/mol. The van der Waals surface area contributed by atoms with Crippen molar-refractivity contribution in [3.63, 3.8) is 0 Å². The first kappa shape index (κ1) is 21.6. The van der Waals surface area contributed by atoms with Gasteiger partial charge in [-0.25, -0.2) is 9.78 Å². The third-order valence-corrected chi connectivity index (χ3v) is 6.23. The van der Waals surface area contributed by atoms with Crippen molar-refractivity contribution in [2.24, 2.45) is 5.16 Å². The number of hydrogen-bond acceptors (Lipinski definition) is 9. The standard InChI is InChI=1S/C16H12ClN5O6S2/c1-2-4-28-21-9(8-11(17)30-16(20-8)18-6-23)12(24)19-10-13(25)22-7(15(26)27)3-5-29-14(10)22/h1,3,6,10,14H,4-5H2,(H,19,24)(H,26,27)(H,18,20,23)/t10?,14-/m1/s1. The number of hydrogen-bond donors (Lipinski definition) is 3. The summed E-state index contributed by atoms with van der Waals surface area (Å²) in [6.45, 7) is -0.237. The topological polar surface area (TPSA) is 150 Å². The number of nitrogens with one attached hydrogen (secondary N) is 2. The van der Waals surface area contributed by atoms with Crippen molar-refractivity contribution in [2.45, 2.75) is 11.4 Å². The first-order valence-corrected chi connectivity index (χ1v) is 10.3. The number of thiazole rings is 1. The van der Waals surface area contributed by atoms with E-state index in [0.717, 1.165) is 16.2 Å². The number of aromatic nitrogens is 1. The average Bonchev–Trinajstić information content (AvgIpc) is 3.08. The molecule has 2 atom stereocenters. The highest BCUT2D eigenvalue weighted by Crippen LogP contribution is 2.37. The molecule has 1 unspecified atom stereocenters. The number of halogens is 1. The van der Waals surface area contributed by atoms with Crippen LogP contribution in [0.3, 0.4) is 0 Å². The van der Waals surface area contributed by atoms with E-state index in [0.29, 0.717) is 12.2 Å². The molecular formula is C16H12ClN5O6S2. The molecule has 11 nitrogen and oxygen atoms in total. The van der Waals surface area contributed by atoms with Crippen LogP contribution in [0.25, 0.3) is 0 Å². The molecule has 0 saturated carbocycles. The molecule has 0 spiro atoms. The summed E-state index contributed by atoms with van der Waals surface area (Å²) in [5, 5.41) is 17.2. The van der Waals surface area contributed by atoms with E-state index in [9.17, 15) is 24.3 Å². The van der Waals surface area contributed by atoms with Crippen LogP contribution in [0.5, 0.6) is 0 Å². The number of aliphatic carboxylic acids is 1. The number of terminal acetylenes is 1. The van der Waals surface area contributed by atoms with Crippen LogP contribution in [0.2, 0.25) is 4.34 Å². The second kappa shape index (κ2) is 9.16. The van der Waals surface area contributed by atoms with Crippen molar-refractivity contribution >= 4 is 69.7 Å². The maximum Gasteiger partial charge on any atom is 0.352 e. The molecule has 1 aromatic rings. The number of nitrogens with zero attached hydrogens (tertiary/aromatic N) is 3. The Morgan fingerprint density at radius 1 is 1.57 bits per heavy atom. The van der Waals surface area contributed by atoms with Crippen molar-refractivity contribution in [3.8, 4) is 12.3 Å².